The summed E-state index contributed by atoms with van der Waals surface area (Å²) in [6.45, 7) is 2.06. The van der Waals surface area contributed by atoms with Crippen LogP contribution < -0.4 is 4.74 Å². The number of carbonyl (C=O) groups is 1. The van der Waals surface area contributed by atoms with Crippen LogP contribution in [0.3, 0.4) is 0 Å². The molecule has 0 unspecified atom stereocenters. The van der Waals surface area contributed by atoms with Crippen molar-refractivity contribution in [3.8, 4) is 5.75 Å². The third-order valence-corrected chi connectivity index (χ3v) is 1.87. The molecule has 0 amide bonds. The number of carbonyl (C=O) groups excluding carboxylic acids is 1. The van der Waals surface area contributed by atoms with Gasteiger partial charge in [-0.25, -0.2) is 9.18 Å². The summed E-state index contributed by atoms with van der Waals surface area (Å²) >= 11 is 0. The monoisotopic (exact) mass is 224 g/mol. The fourth-order valence-electron chi connectivity index (χ4n) is 1.13. The fourth-order valence-corrected chi connectivity index (χ4v) is 1.13. The second-order valence-electron chi connectivity index (χ2n) is 2.98. The molecule has 0 saturated carbocycles. The Balaban J connectivity index is 2.78. The molecule has 0 aliphatic heterocycles. The molecule has 16 heavy (non-hydrogen) atoms. The SMILES string of the molecule is CCOC(=O)C=Cc1ccc(F)c(OC)c1. The van der Waals surface area contributed by atoms with E-state index < -0.39 is 11.8 Å². The van der Waals surface area contributed by atoms with Gasteiger partial charge in [-0.2, -0.15) is 0 Å². The van der Waals surface area contributed by atoms with E-state index in [-0.39, 0.29) is 5.75 Å². The first kappa shape index (κ1) is 12.2. The van der Waals surface area contributed by atoms with Crippen LogP contribution >= 0.6 is 0 Å². The number of esters is 1. The third-order valence-electron chi connectivity index (χ3n) is 1.87. The van der Waals surface area contributed by atoms with E-state index in [1.165, 1.54) is 25.3 Å². The van der Waals surface area contributed by atoms with Crippen LogP contribution in [0.1, 0.15) is 12.5 Å². The van der Waals surface area contributed by atoms with Gasteiger partial charge in [0.2, 0.25) is 0 Å². The molecule has 0 aromatic heterocycles. The van der Waals surface area contributed by atoms with E-state index >= 15 is 0 Å². The first-order chi connectivity index (χ1) is 7.67. The first-order valence-corrected chi connectivity index (χ1v) is 4.85. The minimum absolute atomic E-state index is 0.144. The van der Waals surface area contributed by atoms with Crippen LogP contribution in [0.4, 0.5) is 4.39 Å². The van der Waals surface area contributed by atoms with Gasteiger partial charge < -0.3 is 9.47 Å². The Hall–Kier alpha value is -1.84. The van der Waals surface area contributed by atoms with Crippen LogP contribution in [-0.2, 0) is 9.53 Å². The number of halogens is 1. The molecule has 86 valence electrons. The maximum absolute atomic E-state index is 13.0. The second-order valence-corrected chi connectivity index (χ2v) is 2.98. The number of methoxy groups -OCH3 is 1. The zero-order valence-corrected chi connectivity index (χ0v) is 9.20. The number of rotatable bonds is 4. The van der Waals surface area contributed by atoms with Crippen LogP contribution in [0.15, 0.2) is 24.3 Å². The van der Waals surface area contributed by atoms with Crippen molar-refractivity contribution in [3.05, 3.63) is 35.7 Å². The van der Waals surface area contributed by atoms with E-state index in [0.717, 1.165) is 0 Å². The molecule has 3 nitrogen and oxygen atoms in total. The summed E-state index contributed by atoms with van der Waals surface area (Å²) in [5.41, 5.74) is 0.673. The van der Waals surface area contributed by atoms with Crippen molar-refractivity contribution in [1.82, 2.24) is 0 Å². The number of hydrogen-bond acceptors (Lipinski definition) is 3. The fraction of sp³-hybridized carbons (Fsp3) is 0.250. The molecule has 0 bridgehead atoms. The van der Waals surface area contributed by atoms with Crippen molar-refractivity contribution in [2.24, 2.45) is 0 Å². The minimum atomic E-state index is -0.434. The lowest BCUT2D eigenvalue weighted by atomic mass is 10.2. The lowest BCUT2D eigenvalue weighted by Crippen LogP contribution is -1.98. The highest BCUT2D eigenvalue weighted by Crippen LogP contribution is 2.18. The Morgan fingerprint density at radius 2 is 2.25 bits per heavy atom. The molecule has 1 aromatic rings. The van der Waals surface area contributed by atoms with E-state index in [4.69, 9.17) is 9.47 Å². The van der Waals surface area contributed by atoms with Crippen molar-refractivity contribution in [1.29, 1.82) is 0 Å². The highest BCUT2D eigenvalue weighted by atomic mass is 19.1. The Morgan fingerprint density at radius 1 is 1.50 bits per heavy atom. The topological polar surface area (TPSA) is 35.5 Å². The Bertz CT molecular complexity index is 399. The summed E-state index contributed by atoms with van der Waals surface area (Å²) in [4.78, 5) is 11.0. The first-order valence-electron chi connectivity index (χ1n) is 4.85. The summed E-state index contributed by atoms with van der Waals surface area (Å²) in [5.74, 6) is -0.715. The van der Waals surface area contributed by atoms with Gasteiger partial charge in [0.05, 0.1) is 13.7 Å². The number of hydrogen-bond donors (Lipinski definition) is 0. The lowest BCUT2D eigenvalue weighted by molar-refractivity contribution is -0.137. The van der Waals surface area contributed by atoms with Crippen molar-refractivity contribution < 1.29 is 18.7 Å². The predicted octanol–water partition coefficient (Wildman–Crippen LogP) is 2.41. The van der Waals surface area contributed by atoms with Gasteiger partial charge in [0.25, 0.3) is 0 Å². The van der Waals surface area contributed by atoms with Crippen LogP contribution in [-0.4, -0.2) is 19.7 Å². The predicted molar refractivity (Wildman–Crippen MR) is 58.6 cm³/mol. The molecule has 0 atom stereocenters. The van der Waals surface area contributed by atoms with Crippen LogP contribution in [0.25, 0.3) is 6.08 Å². The third kappa shape index (κ3) is 3.38. The van der Waals surface area contributed by atoms with Gasteiger partial charge in [-0.3, -0.25) is 0 Å². The summed E-state index contributed by atoms with van der Waals surface area (Å²) in [6, 6.07) is 4.34. The molecule has 1 rings (SSSR count). The summed E-state index contributed by atoms with van der Waals surface area (Å²) < 4.78 is 22.6. The van der Waals surface area contributed by atoms with E-state index in [1.807, 2.05) is 0 Å². The average Bonchev–Trinajstić information content (AvgIpc) is 2.28. The van der Waals surface area contributed by atoms with Gasteiger partial charge in [0.15, 0.2) is 11.6 Å². The summed E-state index contributed by atoms with van der Waals surface area (Å²) in [7, 11) is 1.39. The molecule has 0 heterocycles. The molecule has 0 radical (unpaired) electrons. The van der Waals surface area contributed by atoms with Gasteiger partial charge >= 0.3 is 5.97 Å². The second kappa shape index (κ2) is 5.90. The summed E-state index contributed by atoms with van der Waals surface area (Å²) in [5, 5.41) is 0. The number of benzene rings is 1. The molecule has 0 aliphatic rings. The molecule has 1 aromatic carbocycles. The maximum Gasteiger partial charge on any atom is 0.330 e. The maximum atomic E-state index is 13.0. The van der Waals surface area contributed by atoms with Crippen LogP contribution in [0.2, 0.25) is 0 Å². The van der Waals surface area contributed by atoms with Crippen molar-refractivity contribution >= 4 is 12.0 Å². The van der Waals surface area contributed by atoms with Crippen molar-refractivity contribution in [2.45, 2.75) is 6.92 Å². The van der Waals surface area contributed by atoms with Gasteiger partial charge in [0, 0.05) is 6.08 Å². The Labute approximate surface area is 93.5 Å². The van der Waals surface area contributed by atoms with Gasteiger partial charge in [-0.05, 0) is 30.7 Å². The van der Waals surface area contributed by atoms with Gasteiger partial charge in [-0.1, -0.05) is 6.07 Å². The van der Waals surface area contributed by atoms with Gasteiger partial charge in [0.1, 0.15) is 0 Å². The molecule has 0 fully saturated rings. The highest BCUT2D eigenvalue weighted by Gasteiger charge is 2.02. The summed E-state index contributed by atoms with van der Waals surface area (Å²) in [6.07, 6.45) is 2.83. The quantitative estimate of drug-likeness (QED) is 0.582. The molecule has 4 heteroatoms. The lowest BCUT2D eigenvalue weighted by Gasteiger charge is -2.02. The van der Waals surface area contributed by atoms with Crippen molar-refractivity contribution in [2.75, 3.05) is 13.7 Å². The zero-order chi connectivity index (χ0) is 12.0. The molecule has 0 spiro atoms. The molecular weight excluding hydrogens is 211 g/mol. The van der Waals surface area contributed by atoms with Crippen molar-refractivity contribution in [3.63, 3.8) is 0 Å². The van der Waals surface area contributed by atoms with E-state index in [2.05, 4.69) is 0 Å². The smallest absolute Gasteiger partial charge is 0.330 e. The molecule has 0 aliphatic carbocycles. The molecule has 0 saturated heterocycles. The molecular formula is C12H13FO3. The van der Waals surface area contributed by atoms with E-state index in [0.29, 0.717) is 12.2 Å². The normalized spacial score (nSPS) is 10.4. The van der Waals surface area contributed by atoms with Gasteiger partial charge in [-0.15, -0.1) is 0 Å². The zero-order valence-electron chi connectivity index (χ0n) is 9.20. The highest BCUT2D eigenvalue weighted by molar-refractivity contribution is 5.87. The Kier molecular flexibility index (Phi) is 4.51. The average molecular weight is 224 g/mol. The minimum Gasteiger partial charge on any atom is -0.494 e. The van der Waals surface area contributed by atoms with Crippen LogP contribution in [0.5, 0.6) is 5.75 Å². The van der Waals surface area contributed by atoms with E-state index in [9.17, 15) is 9.18 Å². The number of ether oxygens (including phenoxy) is 2. The molecule has 0 N–H and O–H groups in total. The van der Waals surface area contributed by atoms with Crippen LogP contribution in [0, 0.1) is 5.82 Å². The Morgan fingerprint density at radius 3 is 2.88 bits per heavy atom. The van der Waals surface area contributed by atoms with E-state index in [1.54, 1.807) is 19.1 Å². The standard InChI is InChI=1S/C12H13FO3/c1-3-16-12(14)7-5-9-4-6-10(13)11(8-9)15-2/h4-8H,3H2,1-2H3. The largest absolute Gasteiger partial charge is 0.494 e.